The van der Waals surface area contributed by atoms with E-state index in [4.69, 9.17) is 5.11 Å². The van der Waals surface area contributed by atoms with Crippen molar-refractivity contribution >= 4 is 11.8 Å². The lowest BCUT2D eigenvalue weighted by molar-refractivity contribution is -0.319. The molecule has 6 heteroatoms. The molecule has 0 bridgehead atoms. The van der Waals surface area contributed by atoms with Crippen molar-refractivity contribution in [2.45, 2.75) is 0 Å². The summed E-state index contributed by atoms with van der Waals surface area (Å²) in [5.41, 5.74) is 0. The van der Waals surface area contributed by atoms with Crippen LogP contribution < -0.4 is 10.2 Å². The van der Waals surface area contributed by atoms with Crippen molar-refractivity contribution in [1.82, 2.24) is 0 Å². The van der Waals surface area contributed by atoms with Gasteiger partial charge in [0, 0.05) is 0 Å². The van der Waals surface area contributed by atoms with E-state index in [-0.39, 0.29) is 13.2 Å². The fourth-order valence-electron chi connectivity index (χ4n) is 1.03. The Balaban J connectivity index is 2.72. The molecule has 0 amide bonds. The predicted molar refractivity (Wildman–Crippen MR) is 42.7 cm³/mol. The highest BCUT2D eigenvalue weighted by Crippen LogP contribution is 2.14. The molecule has 82 valence electrons. The van der Waals surface area contributed by atoms with Gasteiger partial charge in [-0.15, -0.1) is 0 Å². The number of rotatable bonds is 3. The van der Waals surface area contributed by atoms with Gasteiger partial charge in [0.2, 0.25) is 0 Å². The molecule has 0 unspecified atom stereocenters. The average Bonchev–Trinajstić information content (AvgIpc) is 2.21. The lowest BCUT2D eigenvalue weighted by Crippen LogP contribution is -2.31. The van der Waals surface area contributed by atoms with Gasteiger partial charge in [-0.2, -0.15) is 0 Å². The van der Waals surface area contributed by atoms with Crippen LogP contribution in [0.2, 0.25) is 0 Å². The lowest BCUT2D eigenvalue weighted by Gasteiger charge is -2.24. The fourth-order valence-corrected chi connectivity index (χ4v) is 1.03. The van der Waals surface area contributed by atoms with E-state index in [9.17, 15) is 19.8 Å². The molecule has 0 radical (unpaired) electrons. The van der Waals surface area contributed by atoms with Gasteiger partial charge in [-0.25, -0.2) is 0 Å². The zero-order valence-electron chi connectivity index (χ0n) is 7.63. The Kier molecular flexibility index (Phi) is 3.46. The molecule has 0 spiro atoms. The monoisotopic (exact) mass is 212 g/mol. The van der Waals surface area contributed by atoms with E-state index in [1.165, 1.54) is 0 Å². The van der Waals surface area contributed by atoms with Gasteiger partial charge in [0.25, 0.3) is 0 Å². The minimum Gasteiger partial charge on any atom is -0.870 e. The number of ketones is 1. The molecule has 0 saturated heterocycles. The quantitative estimate of drug-likeness (QED) is 0.506. The van der Waals surface area contributed by atoms with Gasteiger partial charge in [-0.05, 0) is 0 Å². The lowest BCUT2D eigenvalue weighted by atomic mass is 10.0. The summed E-state index contributed by atoms with van der Waals surface area (Å²) < 4.78 is 4.50. The van der Waals surface area contributed by atoms with Crippen LogP contribution in [0.5, 0.6) is 0 Å². The molecule has 0 aliphatic heterocycles. The molecule has 0 heterocycles. The number of Topliss-reactive ketones (excluding diaryl/α,β-unsaturated/α-hetero) is 1. The minimum absolute atomic E-state index is 0.215. The first kappa shape index (κ1) is 11.3. The van der Waals surface area contributed by atoms with Crippen LogP contribution in [0, 0.1) is 5.92 Å². The van der Waals surface area contributed by atoms with Crippen molar-refractivity contribution in [2.24, 2.45) is 5.92 Å². The van der Waals surface area contributed by atoms with Crippen molar-refractivity contribution in [3.63, 3.8) is 0 Å². The van der Waals surface area contributed by atoms with Crippen LogP contribution in [-0.2, 0) is 14.3 Å². The van der Waals surface area contributed by atoms with Crippen molar-refractivity contribution in [2.75, 3.05) is 13.2 Å². The first-order chi connectivity index (χ1) is 7.06. The number of carbonyl (C=O) groups excluding carboxylic acids is 2. The summed E-state index contributed by atoms with van der Waals surface area (Å²) in [5.74, 6) is -5.13. The number of hydrogen-bond acceptors (Lipinski definition) is 6. The molecule has 0 aromatic carbocycles. The van der Waals surface area contributed by atoms with Crippen molar-refractivity contribution in [1.29, 1.82) is 0 Å². The van der Waals surface area contributed by atoms with Crippen molar-refractivity contribution < 1.29 is 29.6 Å². The van der Waals surface area contributed by atoms with Crippen LogP contribution in [0.25, 0.3) is 0 Å². The van der Waals surface area contributed by atoms with E-state index >= 15 is 0 Å². The molecule has 1 rings (SSSR count). The van der Waals surface area contributed by atoms with Gasteiger partial charge in [0.05, 0.1) is 12.5 Å². The first-order valence-electron chi connectivity index (χ1n) is 4.16. The standard InChI is InChI=1S/C9H10O6/c10-1-2-15-9(14)5-3-6(11)8(13)7(12)4-5/h3-5,10-12H,1-2H2/p-2. The van der Waals surface area contributed by atoms with Gasteiger partial charge >= 0.3 is 5.97 Å². The largest absolute Gasteiger partial charge is 0.870 e. The zero-order valence-corrected chi connectivity index (χ0v) is 7.63. The van der Waals surface area contributed by atoms with Crippen molar-refractivity contribution in [3.05, 3.63) is 23.7 Å². The molecule has 0 saturated carbocycles. The Hall–Kier alpha value is -1.82. The molecule has 6 nitrogen and oxygen atoms in total. The summed E-state index contributed by atoms with van der Waals surface area (Å²) in [5, 5.41) is 30.2. The maximum absolute atomic E-state index is 11.1. The Morgan fingerprint density at radius 1 is 1.40 bits per heavy atom. The van der Waals surface area contributed by atoms with Crippen LogP contribution >= 0.6 is 0 Å². The predicted octanol–water partition coefficient (Wildman–Crippen LogP) is -2.79. The van der Waals surface area contributed by atoms with Crippen molar-refractivity contribution in [3.8, 4) is 0 Å². The van der Waals surface area contributed by atoms with Crippen LogP contribution in [0.4, 0.5) is 0 Å². The van der Waals surface area contributed by atoms with E-state index < -0.39 is 29.2 Å². The van der Waals surface area contributed by atoms with E-state index in [2.05, 4.69) is 4.74 Å². The van der Waals surface area contributed by atoms with Gasteiger partial charge in [-0.1, -0.05) is 23.7 Å². The molecule has 1 N–H and O–H groups in total. The first-order valence-corrected chi connectivity index (χ1v) is 4.16. The maximum atomic E-state index is 11.1. The number of esters is 1. The number of aliphatic hydroxyl groups is 1. The second-order valence-corrected chi connectivity index (χ2v) is 2.81. The molecule has 0 fully saturated rings. The fraction of sp³-hybridized carbons (Fsp3) is 0.333. The van der Waals surface area contributed by atoms with Gasteiger partial charge in [0.1, 0.15) is 6.61 Å². The Morgan fingerprint density at radius 3 is 2.40 bits per heavy atom. The zero-order chi connectivity index (χ0) is 11.4. The summed E-state index contributed by atoms with van der Waals surface area (Å²) in [7, 11) is 0. The second-order valence-electron chi connectivity index (χ2n) is 2.81. The average molecular weight is 212 g/mol. The highest BCUT2D eigenvalue weighted by Gasteiger charge is 2.19. The molecule has 0 aromatic heterocycles. The SMILES string of the molecule is O=C1C([O-])=CC(C(=O)OCCO)C=C1[O-]. The number of carbonyl (C=O) groups is 2. The van der Waals surface area contributed by atoms with Crippen LogP contribution in [0.15, 0.2) is 23.7 Å². The smallest absolute Gasteiger partial charge is 0.316 e. The Labute approximate surface area is 85.1 Å². The van der Waals surface area contributed by atoms with Gasteiger partial charge < -0.3 is 20.1 Å². The third-order valence-corrected chi connectivity index (χ3v) is 1.72. The van der Waals surface area contributed by atoms with E-state index in [0.717, 1.165) is 12.2 Å². The molecular formula is C9H8O6-2. The minimum atomic E-state index is -1.15. The number of hydrogen-bond donors (Lipinski definition) is 1. The molecular weight excluding hydrogens is 204 g/mol. The Morgan fingerprint density at radius 2 is 1.93 bits per heavy atom. The number of ether oxygens (including phenoxy) is 1. The maximum Gasteiger partial charge on any atom is 0.316 e. The summed E-state index contributed by atoms with van der Waals surface area (Å²) in [6, 6.07) is 0. The summed E-state index contributed by atoms with van der Waals surface area (Å²) in [4.78, 5) is 21.9. The number of aliphatic hydroxyl groups excluding tert-OH is 1. The summed E-state index contributed by atoms with van der Waals surface area (Å²) in [6.45, 7) is -0.563. The highest BCUT2D eigenvalue weighted by atomic mass is 16.5. The third-order valence-electron chi connectivity index (χ3n) is 1.72. The molecule has 1 aliphatic carbocycles. The Bertz CT molecular complexity index is 319. The van der Waals surface area contributed by atoms with Gasteiger partial charge in [0.15, 0.2) is 5.78 Å². The normalized spacial score (nSPS) is 17.0. The summed E-state index contributed by atoms with van der Waals surface area (Å²) in [6.07, 6.45) is 1.65. The van der Waals surface area contributed by atoms with E-state index in [1.54, 1.807) is 0 Å². The molecule has 0 aromatic rings. The summed E-state index contributed by atoms with van der Waals surface area (Å²) >= 11 is 0. The van der Waals surface area contributed by atoms with E-state index in [1.807, 2.05) is 0 Å². The molecule has 1 aliphatic rings. The molecule has 15 heavy (non-hydrogen) atoms. The van der Waals surface area contributed by atoms with Gasteiger partial charge in [-0.3, -0.25) is 9.59 Å². The topological polar surface area (TPSA) is 110 Å². The van der Waals surface area contributed by atoms with Crippen LogP contribution in [-0.4, -0.2) is 30.1 Å². The van der Waals surface area contributed by atoms with Crippen LogP contribution in [0.3, 0.4) is 0 Å². The third kappa shape index (κ3) is 2.57. The second kappa shape index (κ2) is 4.61. The van der Waals surface area contributed by atoms with Crippen LogP contribution in [0.1, 0.15) is 0 Å². The molecule has 0 atom stereocenters. The highest BCUT2D eigenvalue weighted by molar-refractivity contribution is 6.06. The van der Waals surface area contributed by atoms with E-state index in [0.29, 0.717) is 0 Å².